The van der Waals surface area contributed by atoms with E-state index >= 15 is 0 Å². The third-order valence-corrected chi connectivity index (χ3v) is 4.47. The quantitative estimate of drug-likeness (QED) is 0.823. The minimum atomic E-state index is -0.0220. The molecule has 0 saturated heterocycles. The predicted molar refractivity (Wildman–Crippen MR) is 102 cm³/mol. The Hall–Kier alpha value is -2.04. The van der Waals surface area contributed by atoms with Crippen LogP contribution in [0.5, 0.6) is 5.75 Å². The van der Waals surface area contributed by atoms with Crippen molar-refractivity contribution in [2.75, 3.05) is 0 Å². The molecule has 2 aromatic carbocycles. The molecule has 0 aromatic heterocycles. The SMILES string of the molecule is Cl.NCc1cc(C(=O)NC2CCCC2)ccc1OCc1ccccc1. The molecular weight excluding hydrogens is 336 g/mol. The molecule has 3 rings (SSSR count). The summed E-state index contributed by atoms with van der Waals surface area (Å²) >= 11 is 0. The van der Waals surface area contributed by atoms with Crippen LogP contribution in [0.2, 0.25) is 0 Å². The summed E-state index contributed by atoms with van der Waals surface area (Å²) in [6.07, 6.45) is 4.55. The van der Waals surface area contributed by atoms with Crippen LogP contribution in [0.15, 0.2) is 48.5 Å². The number of carbonyl (C=O) groups is 1. The molecule has 1 aliphatic carbocycles. The first kappa shape index (κ1) is 19.3. The summed E-state index contributed by atoms with van der Waals surface area (Å²) in [6, 6.07) is 15.8. The van der Waals surface area contributed by atoms with Gasteiger partial charge in [0.25, 0.3) is 5.91 Å². The van der Waals surface area contributed by atoms with Gasteiger partial charge in [-0.05, 0) is 36.6 Å². The molecule has 134 valence electrons. The standard InChI is InChI=1S/C20H24N2O2.ClH/c21-13-17-12-16(20(23)22-18-8-4-5-9-18)10-11-19(17)24-14-15-6-2-1-3-7-15;/h1-3,6-7,10-12,18H,4-5,8-9,13-14,21H2,(H,22,23);1H. The normalized spacial score (nSPS) is 14.0. The molecule has 1 saturated carbocycles. The van der Waals surface area contributed by atoms with Crippen molar-refractivity contribution in [3.63, 3.8) is 0 Å². The van der Waals surface area contributed by atoms with Gasteiger partial charge < -0.3 is 15.8 Å². The van der Waals surface area contributed by atoms with Crippen molar-refractivity contribution < 1.29 is 9.53 Å². The maximum Gasteiger partial charge on any atom is 0.251 e. The van der Waals surface area contributed by atoms with Crippen LogP contribution in [0.25, 0.3) is 0 Å². The molecule has 4 nitrogen and oxygen atoms in total. The van der Waals surface area contributed by atoms with Crippen LogP contribution in [0.1, 0.15) is 47.2 Å². The second kappa shape index (κ2) is 9.44. The van der Waals surface area contributed by atoms with Crippen molar-refractivity contribution in [2.45, 2.75) is 44.9 Å². The van der Waals surface area contributed by atoms with Gasteiger partial charge >= 0.3 is 0 Å². The second-order valence-electron chi connectivity index (χ2n) is 6.26. The van der Waals surface area contributed by atoms with Crippen molar-refractivity contribution in [1.82, 2.24) is 5.32 Å². The van der Waals surface area contributed by atoms with Crippen LogP contribution in [0.3, 0.4) is 0 Å². The van der Waals surface area contributed by atoms with Gasteiger partial charge in [0.05, 0.1) is 0 Å². The Morgan fingerprint density at radius 1 is 1.12 bits per heavy atom. The van der Waals surface area contributed by atoms with Gasteiger partial charge in [0, 0.05) is 23.7 Å². The maximum atomic E-state index is 12.4. The number of ether oxygens (including phenoxy) is 1. The summed E-state index contributed by atoms with van der Waals surface area (Å²) in [6.45, 7) is 0.829. The highest BCUT2D eigenvalue weighted by atomic mass is 35.5. The Kier molecular flexibility index (Phi) is 7.29. The smallest absolute Gasteiger partial charge is 0.251 e. The lowest BCUT2D eigenvalue weighted by molar-refractivity contribution is 0.0937. The first-order chi connectivity index (χ1) is 11.8. The lowest BCUT2D eigenvalue weighted by Gasteiger charge is -2.14. The van der Waals surface area contributed by atoms with Crippen LogP contribution in [-0.4, -0.2) is 11.9 Å². The lowest BCUT2D eigenvalue weighted by Crippen LogP contribution is -2.32. The summed E-state index contributed by atoms with van der Waals surface area (Å²) in [5, 5.41) is 3.10. The largest absolute Gasteiger partial charge is 0.489 e. The van der Waals surface area contributed by atoms with E-state index in [0.29, 0.717) is 24.8 Å². The zero-order chi connectivity index (χ0) is 16.8. The molecule has 0 bridgehead atoms. The first-order valence-corrected chi connectivity index (χ1v) is 8.57. The molecule has 5 heteroatoms. The molecule has 0 radical (unpaired) electrons. The number of amides is 1. The number of halogens is 1. The Morgan fingerprint density at radius 2 is 1.84 bits per heavy atom. The molecule has 25 heavy (non-hydrogen) atoms. The zero-order valence-corrected chi connectivity index (χ0v) is 15.1. The molecule has 0 unspecified atom stereocenters. The molecular formula is C20H25ClN2O2. The van der Waals surface area contributed by atoms with E-state index in [2.05, 4.69) is 5.32 Å². The van der Waals surface area contributed by atoms with Gasteiger partial charge in [0.1, 0.15) is 12.4 Å². The van der Waals surface area contributed by atoms with Crippen LogP contribution >= 0.6 is 12.4 Å². The Labute approximate surface area is 155 Å². The number of hydrogen-bond acceptors (Lipinski definition) is 3. The maximum absolute atomic E-state index is 12.4. The van der Waals surface area contributed by atoms with Crippen molar-refractivity contribution in [2.24, 2.45) is 5.73 Å². The van der Waals surface area contributed by atoms with Crippen molar-refractivity contribution in [3.05, 3.63) is 65.2 Å². The van der Waals surface area contributed by atoms with Crippen molar-refractivity contribution in [1.29, 1.82) is 0 Å². The number of nitrogens with two attached hydrogens (primary N) is 1. The average Bonchev–Trinajstić information content (AvgIpc) is 3.13. The zero-order valence-electron chi connectivity index (χ0n) is 14.2. The lowest BCUT2D eigenvalue weighted by atomic mass is 10.1. The van der Waals surface area contributed by atoms with E-state index in [9.17, 15) is 4.79 Å². The highest BCUT2D eigenvalue weighted by Crippen LogP contribution is 2.22. The molecule has 1 fully saturated rings. The van der Waals surface area contributed by atoms with E-state index in [1.165, 1.54) is 12.8 Å². The fourth-order valence-electron chi connectivity index (χ4n) is 3.10. The number of benzene rings is 2. The summed E-state index contributed by atoms with van der Waals surface area (Å²) in [7, 11) is 0. The van der Waals surface area contributed by atoms with E-state index in [-0.39, 0.29) is 18.3 Å². The van der Waals surface area contributed by atoms with E-state index in [1.54, 1.807) is 0 Å². The molecule has 1 aliphatic rings. The minimum absolute atomic E-state index is 0. The van der Waals surface area contributed by atoms with Gasteiger partial charge in [-0.3, -0.25) is 4.79 Å². The van der Waals surface area contributed by atoms with Crippen molar-refractivity contribution >= 4 is 18.3 Å². The minimum Gasteiger partial charge on any atom is -0.489 e. The van der Waals surface area contributed by atoms with Gasteiger partial charge in [-0.25, -0.2) is 0 Å². The Balaban J connectivity index is 0.00000225. The van der Waals surface area contributed by atoms with E-state index in [1.807, 2.05) is 48.5 Å². The monoisotopic (exact) mass is 360 g/mol. The number of carbonyl (C=O) groups excluding carboxylic acids is 1. The fourth-order valence-corrected chi connectivity index (χ4v) is 3.10. The summed E-state index contributed by atoms with van der Waals surface area (Å²) in [5.74, 6) is 0.713. The molecule has 0 aliphatic heterocycles. The van der Waals surface area contributed by atoms with Crippen LogP contribution in [-0.2, 0) is 13.2 Å². The predicted octanol–water partition coefficient (Wildman–Crippen LogP) is 3.82. The Bertz CT molecular complexity index is 685. The van der Waals surface area contributed by atoms with Gasteiger partial charge in [-0.2, -0.15) is 0 Å². The Morgan fingerprint density at radius 3 is 2.52 bits per heavy atom. The van der Waals surface area contributed by atoms with Crippen LogP contribution < -0.4 is 15.8 Å². The first-order valence-electron chi connectivity index (χ1n) is 8.57. The second-order valence-corrected chi connectivity index (χ2v) is 6.26. The summed E-state index contributed by atoms with van der Waals surface area (Å²) in [5.41, 5.74) is 8.44. The number of rotatable bonds is 6. The topological polar surface area (TPSA) is 64.4 Å². The van der Waals surface area contributed by atoms with Gasteiger partial charge in [0.15, 0.2) is 0 Å². The molecule has 0 heterocycles. The highest BCUT2D eigenvalue weighted by molar-refractivity contribution is 5.94. The van der Waals surface area contributed by atoms with Crippen LogP contribution in [0, 0.1) is 0 Å². The van der Waals surface area contributed by atoms with Crippen LogP contribution in [0.4, 0.5) is 0 Å². The number of hydrogen-bond donors (Lipinski definition) is 2. The molecule has 3 N–H and O–H groups in total. The highest BCUT2D eigenvalue weighted by Gasteiger charge is 2.18. The third kappa shape index (κ3) is 5.21. The summed E-state index contributed by atoms with van der Waals surface area (Å²) < 4.78 is 5.87. The average molecular weight is 361 g/mol. The van der Waals surface area contributed by atoms with Gasteiger partial charge in [0.2, 0.25) is 0 Å². The fraction of sp³-hybridized carbons (Fsp3) is 0.350. The van der Waals surface area contributed by atoms with E-state index in [0.717, 1.165) is 29.7 Å². The van der Waals surface area contributed by atoms with E-state index < -0.39 is 0 Å². The molecule has 0 spiro atoms. The molecule has 1 amide bonds. The van der Waals surface area contributed by atoms with Crippen molar-refractivity contribution in [3.8, 4) is 5.75 Å². The third-order valence-electron chi connectivity index (χ3n) is 4.47. The van der Waals surface area contributed by atoms with E-state index in [4.69, 9.17) is 10.5 Å². The number of nitrogens with one attached hydrogen (secondary N) is 1. The van der Waals surface area contributed by atoms with Gasteiger partial charge in [-0.15, -0.1) is 12.4 Å². The summed E-state index contributed by atoms with van der Waals surface area (Å²) in [4.78, 5) is 12.4. The van der Waals surface area contributed by atoms with Gasteiger partial charge in [-0.1, -0.05) is 43.2 Å². The molecule has 0 atom stereocenters. The molecule has 2 aromatic rings.